The topological polar surface area (TPSA) is 66.5 Å². The maximum atomic E-state index is 12.6. The van der Waals surface area contributed by atoms with Crippen molar-refractivity contribution in [3.63, 3.8) is 0 Å². The number of benzene rings is 1. The van der Waals surface area contributed by atoms with Crippen LogP contribution < -0.4 is 5.32 Å². The van der Waals surface area contributed by atoms with Gasteiger partial charge in [0.1, 0.15) is 0 Å². The van der Waals surface area contributed by atoms with Gasteiger partial charge in [-0.3, -0.25) is 4.79 Å². The minimum absolute atomic E-state index is 0.135. The van der Waals surface area contributed by atoms with E-state index in [1.54, 1.807) is 24.3 Å². The SMILES string of the molecule is C=CCNC(=O)[C@H]1CCCN(S(=O)(=O)Cc2ccc(Cl)c(Cl)c2)C1. The Morgan fingerprint density at radius 3 is 2.79 bits per heavy atom. The molecule has 1 amide bonds. The van der Waals surface area contributed by atoms with Crippen LogP contribution in [-0.4, -0.2) is 38.3 Å². The first kappa shape index (κ1) is 19.2. The second-order valence-electron chi connectivity index (χ2n) is 5.74. The molecule has 1 aliphatic heterocycles. The van der Waals surface area contributed by atoms with Gasteiger partial charge in [-0.05, 0) is 30.5 Å². The molecule has 2 rings (SSSR count). The van der Waals surface area contributed by atoms with Crippen molar-refractivity contribution in [2.75, 3.05) is 19.6 Å². The summed E-state index contributed by atoms with van der Waals surface area (Å²) in [5, 5.41) is 3.43. The average molecular weight is 391 g/mol. The molecular weight excluding hydrogens is 371 g/mol. The maximum Gasteiger partial charge on any atom is 0.224 e. The molecule has 0 spiro atoms. The van der Waals surface area contributed by atoms with Gasteiger partial charge in [0.05, 0.1) is 21.7 Å². The van der Waals surface area contributed by atoms with Gasteiger partial charge in [0.2, 0.25) is 15.9 Å². The van der Waals surface area contributed by atoms with Crippen LogP contribution in [0.25, 0.3) is 0 Å². The molecule has 0 aromatic heterocycles. The van der Waals surface area contributed by atoms with E-state index in [1.807, 2.05) is 0 Å². The Morgan fingerprint density at radius 1 is 1.38 bits per heavy atom. The first-order valence-electron chi connectivity index (χ1n) is 7.64. The van der Waals surface area contributed by atoms with Gasteiger partial charge in [-0.1, -0.05) is 35.3 Å². The second kappa shape index (κ2) is 8.34. The van der Waals surface area contributed by atoms with Crippen molar-refractivity contribution in [2.45, 2.75) is 18.6 Å². The number of halogens is 2. The summed E-state index contributed by atoms with van der Waals surface area (Å²) >= 11 is 11.8. The fraction of sp³-hybridized carbons (Fsp3) is 0.438. The fourth-order valence-electron chi connectivity index (χ4n) is 2.66. The summed E-state index contributed by atoms with van der Waals surface area (Å²) in [6.07, 6.45) is 2.94. The molecule has 0 unspecified atom stereocenters. The van der Waals surface area contributed by atoms with Crippen molar-refractivity contribution in [3.05, 3.63) is 46.5 Å². The van der Waals surface area contributed by atoms with E-state index in [1.165, 1.54) is 4.31 Å². The number of sulfonamides is 1. The van der Waals surface area contributed by atoms with Crippen LogP contribution in [0.2, 0.25) is 10.0 Å². The number of carbonyl (C=O) groups is 1. The summed E-state index contributed by atoms with van der Waals surface area (Å²) in [5.74, 6) is -0.628. The van der Waals surface area contributed by atoms with E-state index in [9.17, 15) is 13.2 Å². The van der Waals surface area contributed by atoms with Crippen LogP contribution >= 0.6 is 23.2 Å². The lowest BCUT2D eigenvalue weighted by Crippen LogP contribution is -2.45. The van der Waals surface area contributed by atoms with Gasteiger partial charge in [0.25, 0.3) is 0 Å². The minimum atomic E-state index is -3.52. The zero-order valence-corrected chi connectivity index (χ0v) is 15.5. The monoisotopic (exact) mass is 390 g/mol. The smallest absolute Gasteiger partial charge is 0.224 e. The van der Waals surface area contributed by atoms with Gasteiger partial charge in [0.15, 0.2) is 0 Å². The van der Waals surface area contributed by atoms with Crippen molar-refractivity contribution in [1.29, 1.82) is 0 Å². The van der Waals surface area contributed by atoms with E-state index in [0.717, 1.165) is 0 Å². The van der Waals surface area contributed by atoms with E-state index >= 15 is 0 Å². The lowest BCUT2D eigenvalue weighted by molar-refractivity contribution is -0.125. The third-order valence-corrected chi connectivity index (χ3v) is 6.46. The quantitative estimate of drug-likeness (QED) is 0.759. The zero-order valence-electron chi connectivity index (χ0n) is 13.2. The first-order chi connectivity index (χ1) is 11.3. The van der Waals surface area contributed by atoms with Crippen LogP contribution in [0.3, 0.4) is 0 Å². The number of nitrogens with zero attached hydrogens (tertiary/aromatic N) is 1. The van der Waals surface area contributed by atoms with Crippen LogP contribution in [0, 0.1) is 5.92 Å². The van der Waals surface area contributed by atoms with Gasteiger partial charge in [0, 0.05) is 19.6 Å². The molecule has 5 nitrogen and oxygen atoms in total. The third-order valence-electron chi connectivity index (χ3n) is 3.90. The Hall–Kier alpha value is -1.08. The van der Waals surface area contributed by atoms with Crippen LogP contribution in [0.5, 0.6) is 0 Å². The minimum Gasteiger partial charge on any atom is -0.352 e. The summed E-state index contributed by atoms with van der Waals surface area (Å²) in [7, 11) is -3.52. The van der Waals surface area contributed by atoms with Crippen LogP contribution in [-0.2, 0) is 20.6 Å². The fourth-order valence-corrected chi connectivity index (χ4v) is 4.58. The number of hydrogen-bond acceptors (Lipinski definition) is 3. The Morgan fingerprint density at radius 2 is 2.12 bits per heavy atom. The molecule has 0 bridgehead atoms. The molecule has 1 saturated heterocycles. The highest BCUT2D eigenvalue weighted by Gasteiger charge is 2.32. The second-order valence-corrected chi connectivity index (χ2v) is 8.52. The molecule has 1 aromatic rings. The van der Waals surface area contributed by atoms with E-state index in [-0.39, 0.29) is 24.1 Å². The summed E-state index contributed by atoms with van der Waals surface area (Å²) < 4.78 is 26.7. The predicted octanol–water partition coefficient (Wildman–Crippen LogP) is 2.84. The number of rotatable bonds is 6. The highest BCUT2D eigenvalue weighted by Crippen LogP contribution is 2.26. The Balaban J connectivity index is 2.06. The summed E-state index contributed by atoms with van der Waals surface area (Å²) in [4.78, 5) is 12.1. The van der Waals surface area contributed by atoms with Crippen molar-refractivity contribution in [2.24, 2.45) is 5.92 Å². The predicted molar refractivity (Wildman–Crippen MR) is 96.6 cm³/mol. The van der Waals surface area contributed by atoms with Gasteiger partial charge in [-0.2, -0.15) is 0 Å². The number of hydrogen-bond donors (Lipinski definition) is 1. The van der Waals surface area contributed by atoms with E-state index < -0.39 is 10.0 Å². The normalized spacial score (nSPS) is 19.0. The summed E-state index contributed by atoms with van der Waals surface area (Å²) in [6.45, 7) is 4.56. The molecule has 1 heterocycles. The lowest BCUT2D eigenvalue weighted by Gasteiger charge is -2.31. The molecule has 1 aliphatic rings. The average Bonchev–Trinajstić information content (AvgIpc) is 2.56. The van der Waals surface area contributed by atoms with Crippen molar-refractivity contribution < 1.29 is 13.2 Å². The maximum absolute atomic E-state index is 12.6. The molecular formula is C16H20Cl2N2O3S. The van der Waals surface area contributed by atoms with Crippen LogP contribution in [0.15, 0.2) is 30.9 Å². The number of piperidine rings is 1. The van der Waals surface area contributed by atoms with E-state index in [4.69, 9.17) is 23.2 Å². The zero-order chi connectivity index (χ0) is 17.7. The molecule has 0 aliphatic carbocycles. The molecule has 1 N–H and O–H groups in total. The summed E-state index contributed by atoms with van der Waals surface area (Å²) in [6, 6.07) is 4.78. The van der Waals surface area contributed by atoms with Crippen molar-refractivity contribution in [3.8, 4) is 0 Å². The van der Waals surface area contributed by atoms with Gasteiger partial charge >= 0.3 is 0 Å². The Bertz CT molecular complexity index is 722. The first-order valence-corrected chi connectivity index (χ1v) is 10.0. The number of nitrogens with one attached hydrogen (secondary N) is 1. The molecule has 8 heteroatoms. The standard InChI is InChI=1S/C16H20Cl2N2O3S/c1-2-7-19-16(21)13-4-3-8-20(10-13)24(22,23)11-12-5-6-14(17)15(18)9-12/h2,5-6,9,13H,1,3-4,7-8,10-11H2,(H,19,21)/t13-/m0/s1. The van der Waals surface area contributed by atoms with Gasteiger partial charge in [-0.15, -0.1) is 6.58 Å². The number of amides is 1. The molecule has 1 fully saturated rings. The van der Waals surface area contributed by atoms with Crippen LogP contribution in [0.4, 0.5) is 0 Å². The lowest BCUT2D eigenvalue weighted by atomic mass is 9.99. The van der Waals surface area contributed by atoms with E-state index in [0.29, 0.717) is 41.5 Å². The Labute approximate surface area is 152 Å². The van der Waals surface area contributed by atoms with Crippen molar-refractivity contribution >= 4 is 39.1 Å². The Kier molecular flexibility index (Phi) is 6.69. The molecule has 0 saturated carbocycles. The van der Waals surface area contributed by atoms with Crippen molar-refractivity contribution in [1.82, 2.24) is 9.62 Å². The highest BCUT2D eigenvalue weighted by molar-refractivity contribution is 7.88. The van der Waals surface area contributed by atoms with Crippen LogP contribution in [0.1, 0.15) is 18.4 Å². The molecule has 132 valence electrons. The van der Waals surface area contributed by atoms with E-state index in [2.05, 4.69) is 11.9 Å². The number of carbonyl (C=O) groups excluding carboxylic acids is 1. The molecule has 24 heavy (non-hydrogen) atoms. The van der Waals surface area contributed by atoms with Gasteiger partial charge in [-0.25, -0.2) is 12.7 Å². The largest absolute Gasteiger partial charge is 0.352 e. The third kappa shape index (κ3) is 4.96. The molecule has 1 atom stereocenters. The van der Waals surface area contributed by atoms with Gasteiger partial charge < -0.3 is 5.32 Å². The molecule has 1 aromatic carbocycles. The molecule has 0 radical (unpaired) electrons. The highest BCUT2D eigenvalue weighted by atomic mass is 35.5. The summed E-state index contributed by atoms with van der Waals surface area (Å²) in [5.41, 5.74) is 0.572.